The molecular formula is C13H21NO. The SMILES string of the molecule is CCCc1ccc(NCC(C)CO)cc1. The Morgan fingerprint density at radius 1 is 1.27 bits per heavy atom. The summed E-state index contributed by atoms with van der Waals surface area (Å²) < 4.78 is 0. The molecule has 0 spiro atoms. The quantitative estimate of drug-likeness (QED) is 0.751. The highest BCUT2D eigenvalue weighted by atomic mass is 16.3. The fraction of sp³-hybridized carbons (Fsp3) is 0.538. The topological polar surface area (TPSA) is 32.3 Å². The Bertz CT molecular complexity index is 268. The number of benzene rings is 1. The van der Waals surface area contributed by atoms with E-state index in [1.807, 2.05) is 6.92 Å². The van der Waals surface area contributed by atoms with E-state index in [1.165, 1.54) is 12.0 Å². The van der Waals surface area contributed by atoms with Crippen molar-refractivity contribution in [3.8, 4) is 0 Å². The van der Waals surface area contributed by atoms with Crippen LogP contribution in [0.3, 0.4) is 0 Å². The van der Waals surface area contributed by atoms with Crippen LogP contribution in [0.4, 0.5) is 5.69 Å². The lowest BCUT2D eigenvalue weighted by atomic mass is 10.1. The maximum atomic E-state index is 8.89. The van der Waals surface area contributed by atoms with Crippen molar-refractivity contribution in [1.82, 2.24) is 0 Å². The standard InChI is InChI=1S/C13H21NO/c1-3-4-12-5-7-13(8-6-12)14-9-11(2)10-15/h5-8,11,14-15H,3-4,9-10H2,1-2H3. The van der Waals surface area contributed by atoms with E-state index >= 15 is 0 Å². The van der Waals surface area contributed by atoms with Gasteiger partial charge in [0, 0.05) is 18.8 Å². The van der Waals surface area contributed by atoms with Gasteiger partial charge < -0.3 is 10.4 Å². The molecule has 2 nitrogen and oxygen atoms in total. The molecule has 0 amide bonds. The molecule has 2 heteroatoms. The second-order valence-corrected chi connectivity index (χ2v) is 4.12. The molecule has 0 bridgehead atoms. The van der Waals surface area contributed by atoms with Crippen molar-refractivity contribution in [3.05, 3.63) is 29.8 Å². The third kappa shape index (κ3) is 4.34. The van der Waals surface area contributed by atoms with Crippen LogP contribution >= 0.6 is 0 Å². The van der Waals surface area contributed by atoms with Crippen molar-refractivity contribution < 1.29 is 5.11 Å². The Labute approximate surface area is 92.3 Å². The van der Waals surface area contributed by atoms with Gasteiger partial charge in [-0.1, -0.05) is 32.4 Å². The minimum absolute atomic E-state index is 0.237. The van der Waals surface area contributed by atoms with Gasteiger partial charge in [0.2, 0.25) is 0 Å². The summed E-state index contributed by atoms with van der Waals surface area (Å²) in [6.45, 7) is 5.28. The van der Waals surface area contributed by atoms with Gasteiger partial charge in [-0.2, -0.15) is 0 Å². The van der Waals surface area contributed by atoms with Gasteiger partial charge in [-0.05, 0) is 30.0 Å². The van der Waals surface area contributed by atoms with E-state index in [4.69, 9.17) is 5.11 Å². The molecule has 0 heterocycles. The van der Waals surface area contributed by atoms with Crippen LogP contribution in [-0.2, 0) is 6.42 Å². The Hall–Kier alpha value is -1.02. The molecule has 15 heavy (non-hydrogen) atoms. The number of nitrogens with one attached hydrogen (secondary N) is 1. The van der Waals surface area contributed by atoms with Crippen LogP contribution in [0, 0.1) is 5.92 Å². The average Bonchev–Trinajstić information content (AvgIpc) is 2.28. The highest BCUT2D eigenvalue weighted by molar-refractivity contribution is 5.44. The van der Waals surface area contributed by atoms with Gasteiger partial charge in [0.15, 0.2) is 0 Å². The zero-order valence-electron chi connectivity index (χ0n) is 9.66. The Balaban J connectivity index is 2.42. The third-order valence-corrected chi connectivity index (χ3v) is 2.46. The summed E-state index contributed by atoms with van der Waals surface area (Å²) in [5.74, 6) is 0.306. The summed E-state index contributed by atoms with van der Waals surface area (Å²) in [5, 5.41) is 12.2. The lowest BCUT2D eigenvalue weighted by molar-refractivity contribution is 0.244. The smallest absolute Gasteiger partial charge is 0.0473 e. The zero-order chi connectivity index (χ0) is 11.1. The van der Waals surface area contributed by atoms with Crippen molar-refractivity contribution >= 4 is 5.69 Å². The van der Waals surface area contributed by atoms with E-state index in [9.17, 15) is 0 Å². The zero-order valence-corrected chi connectivity index (χ0v) is 9.66. The summed E-state index contributed by atoms with van der Waals surface area (Å²) in [6.07, 6.45) is 2.33. The van der Waals surface area contributed by atoms with E-state index in [0.717, 1.165) is 18.7 Å². The van der Waals surface area contributed by atoms with Crippen molar-refractivity contribution in [2.75, 3.05) is 18.5 Å². The van der Waals surface area contributed by atoms with E-state index < -0.39 is 0 Å². The van der Waals surface area contributed by atoms with E-state index in [2.05, 4.69) is 36.5 Å². The molecule has 1 unspecified atom stereocenters. The number of aliphatic hydroxyl groups excluding tert-OH is 1. The van der Waals surface area contributed by atoms with Gasteiger partial charge in [0.25, 0.3) is 0 Å². The number of hydrogen-bond donors (Lipinski definition) is 2. The van der Waals surface area contributed by atoms with Gasteiger partial charge in [0.05, 0.1) is 0 Å². The molecular weight excluding hydrogens is 186 g/mol. The van der Waals surface area contributed by atoms with Gasteiger partial charge in [-0.25, -0.2) is 0 Å². The third-order valence-electron chi connectivity index (χ3n) is 2.46. The van der Waals surface area contributed by atoms with Gasteiger partial charge in [-0.3, -0.25) is 0 Å². The van der Waals surface area contributed by atoms with E-state index in [-0.39, 0.29) is 6.61 Å². The molecule has 84 valence electrons. The lowest BCUT2D eigenvalue weighted by Crippen LogP contribution is -2.14. The molecule has 1 aromatic carbocycles. The molecule has 0 aliphatic heterocycles. The highest BCUT2D eigenvalue weighted by Gasteiger charge is 1.99. The molecule has 0 fully saturated rings. The monoisotopic (exact) mass is 207 g/mol. The fourth-order valence-electron chi connectivity index (χ4n) is 1.43. The molecule has 0 saturated heterocycles. The van der Waals surface area contributed by atoms with E-state index in [1.54, 1.807) is 0 Å². The molecule has 0 saturated carbocycles. The van der Waals surface area contributed by atoms with Crippen molar-refractivity contribution in [1.29, 1.82) is 0 Å². The fourth-order valence-corrected chi connectivity index (χ4v) is 1.43. The van der Waals surface area contributed by atoms with Gasteiger partial charge in [0.1, 0.15) is 0 Å². The first-order valence-corrected chi connectivity index (χ1v) is 5.70. The molecule has 0 radical (unpaired) electrons. The summed E-state index contributed by atoms with van der Waals surface area (Å²) in [7, 11) is 0. The van der Waals surface area contributed by atoms with Crippen LogP contribution < -0.4 is 5.32 Å². The molecule has 2 N–H and O–H groups in total. The predicted molar refractivity (Wildman–Crippen MR) is 65.2 cm³/mol. The number of anilines is 1. The number of aryl methyl sites for hydroxylation is 1. The largest absolute Gasteiger partial charge is 0.396 e. The first-order chi connectivity index (χ1) is 7.26. The van der Waals surface area contributed by atoms with Crippen LogP contribution in [0.2, 0.25) is 0 Å². The molecule has 0 aromatic heterocycles. The number of aliphatic hydroxyl groups is 1. The Morgan fingerprint density at radius 3 is 2.47 bits per heavy atom. The van der Waals surface area contributed by atoms with Gasteiger partial charge >= 0.3 is 0 Å². The summed E-state index contributed by atoms with van der Waals surface area (Å²) >= 11 is 0. The van der Waals surface area contributed by atoms with Crippen molar-refractivity contribution in [3.63, 3.8) is 0 Å². The van der Waals surface area contributed by atoms with Crippen LogP contribution in [0.15, 0.2) is 24.3 Å². The number of rotatable bonds is 6. The minimum Gasteiger partial charge on any atom is -0.396 e. The maximum absolute atomic E-state index is 8.89. The van der Waals surface area contributed by atoms with Crippen molar-refractivity contribution in [2.24, 2.45) is 5.92 Å². The molecule has 1 aromatic rings. The van der Waals surface area contributed by atoms with Crippen LogP contribution in [0.25, 0.3) is 0 Å². The summed E-state index contributed by atoms with van der Waals surface area (Å²) in [5.41, 5.74) is 2.52. The second kappa shape index (κ2) is 6.46. The first-order valence-electron chi connectivity index (χ1n) is 5.70. The highest BCUT2D eigenvalue weighted by Crippen LogP contribution is 2.11. The van der Waals surface area contributed by atoms with Crippen LogP contribution in [0.5, 0.6) is 0 Å². The molecule has 1 atom stereocenters. The normalized spacial score (nSPS) is 12.5. The molecule has 1 rings (SSSR count). The Morgan fingerprint density at radius 2 is 1.93 bits per heavy atom. The summed E-state index contributed by atoms with van der Waals surface area (Å²) in [6, 6.07) is 8.54. The maximum Gasteiger partial charge on any atom is 0.0473 e. The summed E-state index contributed by atoms with van der Waals surface area (Å²) in [4.78, 5) is 0. The van der Waals surface area contributed by atoms with Crippen molar-refractivity contribution in [2.45, 2.75) is 26.7 Å². The number of hydrogen-bond acceptors (Lipinski definition) is 2. The van der Waals surface area contributed by atoms with E-state index in [0.29, 0.717) is 5.92 Å². The second-order valence-electron chi connectivity index (χ2n) is 4.12. The van der Waals surface area contributed by atoms with Gasteiger partial charge in [-0.15, -0.1) is 0 Å². The van der Waals surface area contributed by atoms with Crippen LogP contribution in [0.1, 0.15) is 25.8 Å². The van der Waals surface area contributed by atoms with Crippen LogP contribution in [-0.4, -0.2) is 18.3 Å². The minimum atomic E-state index is 0.237. The first kappa shape index (κ1) is 12.1. The lowest BCUT2D eigenvalue weighted by Gasteiger charge is -2.11. The molecule has 0 aliphatic rings. The predicted octanol–water partition coefficient (Wildman–Crippen LogP) is 2.68. The Kier molecular flexibility index (Phi) is 5.19. The average molecular weight is 207 g/mol. The molecule has 0 aliphatic carbocycles.